The lowest BCUT2D eigenvalue weighted by Gasteiger charge is -2.23. The van der Waals surface area contributed by atoms with Crippen molar-refractivity contribution >= 4 is 34.6 Å². The third kappa shape index (κ3) is 6.77. The summed E-state index contributed by atoms with van der Waals surface area (Å²) in [6, 6.07) is 13.2. The Morgan fingerprint density at radius 1 is 0.921 bits per heavy atom. The van der Waals surface area contributed by atoms with E-state index in [2.05, 4.69) is 26.3 Å². The van der Waals surface area contributed by atoms with Gasteiger partial charge in [-0.2, -0.15) is 0 Å². The first-order valence-corrected chi connectivity index (χ1v) is 12.8. The van der Waals surface area contributed by atoms with Crippen molar-refractivity contribution in [3.8, 4) is 0 Å². The van der Waals surface area contributed by atoms with Gasteiger partial charge in [0.15, 0.2) is 0 Å². The van der Waals surface area contributed by atoms with Gasteiger partial charge in [-0.1, -0.05) is 48.5 Å². The van der Waals surface area contributed by atoms with E-state index in [-0.39, 0.29) is 24.8 Å². The summed E-state index contributed by atoms with van der Waals surface area (Å²) in [4.78, 5) is 54.0. The first kappa shape index (κ1) is 26.9. The molecule has 0 unspecified atom stereocenters. The number of nitrogens with one attached hydrogen (secondary N) is 5. The predicted octanol–water partition coefficient (Wildman–Crippen LogP) is 1.26. The third-order valence-corrected chi connectivity index (χ3v) is 6.76. The molecule has 0 radical (unpaired) electrons. The molecule has 38 heavy (non-hydrogen) atoms. The van der Waals surface area contributed by atoms with Crippen LogP contribution in [0.15, 0.2) is 60.8 Å². The number of H-pyrrole nitrogens is 1. The van der Waals surface area contributed by atoms with E-state index in [0.717, 1.165) is 35.0 Å². The summed E-state index contributed by atoms with van der Waals surface area (Å²) in [5.74, 6) is -2.60. The van der Waals surface area contributed by atoms with E-state index in [9.17, 15) is 24.3 Å². The molecule has 1 saturated heterocycles. The standard InChI is InChI=1S/C28H33N5O5/c1-17(25(34)33-24(28(37)38)14-18-8-3-2-4-9-18)31-27(36)23(32-26(35)22-12-7-13-29-22)15-19-16-30-21-11-6-5-10-20(19)21/h2-6,8-11,16-17,22-24,29-30H,7,12-15H2,1H3,(H,31,36)(H,32,35)(H,33,34)(H,37,38)/t17-,22-,23-,24-/m0/s1. The van der Waals surface area contributed by atoms with Crippen molar-refractivity contribution in [3.05, 3.63) is 71.9 Å². The predicted molar refractivity (Wildman–Crippen MR) is 142 cm³/mol. The zero-order valence-electron chi connectivity index (χ0n) is 21.2. The molecule has 0 saturated carbocycles. The largest absolute Gasteiger partial charge is 0.480 e. The maximum absolute atomic E-state index is 13.3. The lowest BCUT2D eigenvalue weighted by atomic mass is 10.0. The van der Waals surface area contributed by atoms with Crippen LogP contribution in [0.4, 0.5) is 0 Å². The number of aliphatic carboxylic acids is 1. The molecule has 2 aromatic carbocycles. The number of hydrogen-bond donors (Lipinski definition) is 6. The molecule has 1 aliphatic rings. The molecule has 6 N–H and O–H groups in total. The lowest BCUT2D eigenvalue weighted by Crippen LogP contribution is -2.57. The molecule has 4 rings (SSSR count). The summed E-state index contributed by atoms with van der Waals surface area (Å²) < 4.78 is 0. The topological polar surface area (TPSA) is 152 Å². The monoisotopic (exact) mass is 519 g/mol. The molecule has 0 aliphatic carbocycles. The third-order valence-electron chi connectivity index (χ3n) is 6.76. The van der Waals surface area contributed by atoms with E-state index < -0.39 is 35.9 Å². The average Bonchev–Trinajstić information content (AvgIpc) is 3.59. The highest BCUT2D eigenvalue weighted by molar-refractivity contribution is 5.94. The molecule has 1 aromatic heterocycles. The van der Waals surface area contributed by atoms with E-state index in [1.807, 2.05) is 36.5 Å². The fourth-order valence-electron chi connectivity index (χ4n) is 4.64. The molecule has 0 spiro atoms. The van der Waals surface area contributed by atoms with Crippen LogP contribution in [0, 0.1) is 0 Å². The maximum Gasteiger partial charge on any atom is 0.326 e. The Balaban J connectivity index is 1.44. The molecule has 3 amide bonds. The molecule has 1 aliphatic heterocycles. The Hall–Kier alpha value is -4.18. The molecule has 200 valence electrons. The van der Waals surface area contributed by atoms with Crippen LogP contribution in [-0.2, 0) is 32.0 Å². The van der Waals surface area contributed by atoms with Crippen molar-refractivity contribution in [2.24, 2.45) is 0 Å². The smallest absolute Gasteiger partial charge is 0.326 e. The van der Waals surface area contributed by atoms with Gasteiger partial charge in [0.1, 0.15) is 18.1 Å². The molecule has 10 nitrogen and oxygen atoms in total. The van der Waals surface area contributed by atoms with Crippen LogP contribution in [0.1, 0.15) is 30.9 Å². The molecule has 2 heterocycles. The number of para-hydroxylation sites is 1. The number of amides is 3. The Bertz CT molecular complexity index is 1290. The molecular weight excluding hydrogens is 486 g/mol. The second-order valence-electron chi connectivity index (χ2n) is 9.59. The fraction of sp³-hybridized carbons (Fsp3) is 0.357. The van der Waals surface area contributed by atoms with Crippen molar-refractivity contribution in [1.82, 2.24) is 26.3 Å². The molecule has 10 heteroatoms. The normalized spacial score (nSPS) is 17.3. The van der Waals surface area contributed by atoms with Crippen LogP contribution in [0.3, 0.4) is 0 Å². The minimum Gasteiger partial charge on any atom is -0.480 e. The molecule has 3 aromatic rings. The van der Waals surface area contributed by atoms with Crippen LogP contribution in [0.5, 0.6) is 0 Å². The minimum atomic E-state index is -1.17. The van der Waals surface area contributed by atoms with Gasteiger partial charge in [-0.25, -0.2) is 4.79 Å². The summed E-state index contributed by atoms with van der Waals surface area (Å²) in [6.07, 6.45) is 3.69. The van der Waals surface area contributed by atoms with Gasteiger partial charge in [0.25, 0.3) is 0 Å². The summed E-state index contributed by atoms with van der Waals surface area (Å²) in [5, 5.41) is 21.7. The zero-order chi connectivity index (χ0) is 27.1. The molecular formula is C28H33N5O5. The Labute approximate surface area is 220 Å². The fourth-order valence-corrected chi connectivity index (χ4v) is 4.64. The van der Waals surface area contributed by atoms with Crippen LogP contribution in [0.2, 0.25) is 0 Å². The van der Waals surface area contributed by atoms with Gasteiger partial charge in [-0.3, -0.25) is 14.4 Å². The number of carbonyl (C=O) groups is 4. The van der Waals surface area contributed by atoms with E-state index in [1.54, 1.807) is 24.3 Å². The highest BCUT2D eigenvalue weighted by Gasteiger charge is 2.30. The number of rotatable bonds is 11. The second-order valence-corrected chi connectivity index (χ2v) is 9.59. The quantitative estimate of drug-likeness (QED) is 0.224. The number of hydrogen-bond acceptors (Lipinski definition) is 5. The number of carbonyl (C=O) groups excluding carboxylic acids is 3. The lowest BCUT2D eigenvalue weighted by molar-refractivity contribution is -0.142. The number of carboxylic acid groups (broad SMARTS) is 1. The molecule has 4 atom stereocenters. The second kappa shape index (κ2) is 12.4. The van der Waals surface area contributed by atoms with Gasteiger partial charge in [-0.15, -0.1) is 0 Å². The van der Waals surface area contributed by atoms with Gasteiger partial charge in [-0.05, 0) is 43.5 Å². The zero-order valence-corrected chi connectivity index (χ0v) is 21.2. The van der Waals surface area contributed by atoms with Crippen molar-refractivity contribution < 1.29 is 24.3 Å². The summed E-state index contributed by atoms with van der Waals surface area (Å²) in [6.45, 7) is 2.22. The van der Waals surface area contributed by atoms with E-state index in [0.29, 0.717) is 6.42 Å². The summed E-state index contributed by atoms with van der Waals surface area (Å²) >= 11 is 0. The van der Waals surface area contributed by atoms with Gasteiger partial charge >= 0.3 is 5.97 Å². The van der Waals surface area contributed by atoms with E-state index in [4.69, 9.17) is 0 Å². The van der Waals surface area contributed by atoms with Crippen LogP contribution < -0.4 is 21.3 Å². The number of aromatic nitrogens is 1. The Kier molecular flexibility index (Phi) is 8.75. The first-order valence-electron chi connectivity index (χ1n) is 12.8. The van der Waals surface area contributed by atoms with Crippen molar-refractivity contribution in [2.75, 3.05) is 6.54 Å². The average molecular weight is 520 g/mol. The van der Waals surface area contributed by atoms with Crippen molar-refractivity contribution in [3.63, 3.8) is 0 Å². The van der Waals surface area contributed by atoms with Gasteiger partial charge in [0.05, 0.1) is 6.04 Å². The number of aromatic amines is 1. The van der Waals surface area contributed by atoms with Gasteiger partial charge < -0.3 is 31.4 Å². The Morgan fingerprint density at radius 3 is 2.37 bits per heavy atom. The first-order chi connectivity index (χ1) is 18.3. The summed E-state index contributed by atoms with van der Waals surface area (Å²) in [5.41, 5.74) is 2.53. The highest BCUT2D eigenvalue weighted by atomic mass is 16.4. The summed E-state index contributed by atoms with van der Waals surface area (Å²) in [7, 11) is 0. The molecule has 0 bridgehead atoms. The Morgan fingerprint density at radius 2 is 1.66 bits per heavy atom. The SMILES string of the molecule is C[C@H](NC(=O)[C@H](Cc1c[nH]c2ccccc12)NC(=O)[C@@H]1CCCN1)C(=O)N[C@@H](Cc1ccccc1)C(=O)O. The van der Waals surface area contributed by atoms with Crippen LogP contribution in [0.25, 0.3) is 10.9 Å². The van der Waals surface area contributed by atoms with E-state index in [1.165, 1.54) is 6.92 Å². The minimum absolute atomic E-state index is 0.107. The molecule has 1 fully saturated rings. The van der Waals surface area contributed by atoms with Gasteiger partial charge in [0.2, 0.25) is 17.7 Å². The van der Waals surface area contributed by atoms with Gasteiger partial charge in [0, 0.05) is 29.9 Å². The van der Waals surface area contributed by atoms with E-state index >= 15 is 0 Å². The van der Waals surface area contributed by atoms with Crippen molar-refractivity contribution in [1.29, 1.82) is 0 Å². The number of benzene rings is 2. The van der Waals surface area contributed by atoms with Crippen molar-refractivity contribution in [2.45, 2.75) is 56.8 Å². The highest BCUT2D eigenvalue weighted by Crippen LogP contribution is 2.19. The maximum atomic E-state index is 13.3. The van der Waals surface area contributed by atoms with Crippen LogP contribution in [-0.4, -0.2) is 64.5 Å². The number of fused-ring (bicyclic) bond motifs is 1. The van der Waals surface area contributed by atoms with Crippen LogP contribution >= 0.6 is 0 Å². The number of carboxylic acids is 1.